The molecule has 1 amide bonds. The predicted octanol–water partition coefficient (Wildman–Crippen LogP) is 2.71. The third-order valence-electron chi connectivity index (χ3n) is 3.37. The summed E-state index contributed by atoms with van der Waals surface area (Å²) < 4.78 is 1.63. The van der Waals surface area contributed by atoms with Crippen LogP contribution in [0.5, 0.6) is 0 Å². The van der Waals surface area contributed by atoms with Crippen LogP contribution in [-0.2, 0) is 0 Å². The number of rotatable bonds is 5. The summed E-state index contributed by atoms with van der Waals surface area (Å²) in [6.07, 6.45) is 0. The van der Waals surface area contributed by atoms with E-state index in [1.54, 1.807) is 29.0 Å². The minimum Gasteiger partial charge on any atom is -0.394 e. The van der Waals surface area contributed by atoms with E-state index in [1.807, 2.05) is 47.8 Å². The molecule has 23 heavy (non-hydrogen) atoms. The van der Waals surface area contributed by atoms with E-state index in [2.05, 4.69) is 10.4 Å². The molecule has 0 spiro atoms. The molecule has 1 aromatic carbocycles. The predicted molar refractivity (Wildman–Crippen MR) is 90.9 cm³/mol. The zero-order chi connectivity index (χ0) is 16.2. The van der Waals surface area contributed by atoms with Crippen molar-refractivity contribution in [3.8, 4) is 16.3 Å². The van der Waals surface area contributed by atoms with Gasteiger partial charge in [-0.15, -0.1) is 11.3 Å². The fourth-order valence-electron chi connectivity index (χ4n) is 2.20. The van der Waals surface area contributed by atoms with Crippen LogP contribution in [-0.4, -0.2) is 33.4 Å². The Labute approximate surface area is 138 Å². The van der Waals surface area contributed by atoms with Crippen LogP contribution in [0.2, 0.25) is 0 Å². The quantitative estimate of drug-likeness (QED) is 0.757. The van der Waals surface area contributed by atoms with Gasteiger partial charge in [-0.1, -0.05) is 24.3 Å². The van der Waals surface area contributed by atoms with Gasteiger partial charge < -0.3 is 10.4 Å². The van der Waals surface area contributed by atoms with Crippen molar-refractivity contribution in [2.45, 2.75) is 13.0 Å². The van der Waals surface area contributed by atoms with E-state index in [4.69, 9.17) is 5.11 Å². The molecule has 0 saturated heterocycles. The average molecular weight is 327 g/mol. The molecule has 0 bridgehead atoms. The van der Waals surface area contributed by atoms with E-state index in [0.717, 1.165) is 16.3 Å². The van der Waals surface area contributed by atoms with Crippen molar-refractivity contribution < 1.29 is 9.90 Å². The molecule has 0 radical (unpaired) electrons. The molecule has 0 saturated carbocycles. The maximum atomic E-state index is 12.5. The molecule has 0 aliphatic rings. The number of aliphatic hydroxyl groups is 1. The van der Waals surface area contributed by atoms with Crippen LogP contribution in [0, 0.1) is 0 Å². The standard InChI is InChI=1S/C17H17N3O2S/c1-12(11-21)18-17(22)15-10-14(16-8-5-9-23-16)19-20(15)13-6-3-2-4-7-13/h2-10,12,21H,11H2,1H3,(H,18,22)/t12-/m0/s1. The van der Waals surface area contributed by atoms with Gasteiger partial charge in [-0.05, 0) is 36.6 Å². The van der Waals surface area contributed by atoms with Crippen LogP contribution in [0.4, 0.5) is 0 Å². The normalized spacial score (nSPS) is 12.1. The number of carbonyl (C=O) groups excluding carboxylic acids is 1. The van der Waals surface area contributed by atoms with Gasteiger partial charge in [0.2, 0.25) is 0 Å². The van der Waals surface area contributed by atoms with Crippen LogP contribution in [0.25, 0.3) is 16.3 Å². The minimum atomic E-state index is -0.313. The third-order valence-corrected chi connectivity index (χ3v) is 4.26. The summed E-state index contributed by atoms with van der Waals surface area (Å²) in [6, 6.07) is 14.9. The number of hydrogen-bond acceptors (Lipinski definition) is 4. The second kappa shape index (κ2) is 6.76. The van der Waals surface area contributed by atoms with Gasteiger partial charge in [0, 0.05) is 6.04 Å². The van der Waals surface area contributed by atoms with E-state index in [9.17, 15) is 4.79 Å². The largest absolute Gasteiger partial charge is 0.394 e. The molecule has 0 aliphatic heterocycles. The zero-order valence-corrected chi connectivity index (χ0v) is 13.5. The van der Waals surface area contributed by atoms with Gasteiger partial charge >= 0.3 is 0 Å². The number of nitrogens with zero attached hydrogens (tertiary/aromatic N) is 2. The first-order valence-corrected chi connectivity index (χ1v) is 8.18. The summed E-state index contributed by atoms with van der Waals surface area (Å²) in [7, 11) is 0. The summed E-state index contributed by atoms with van der Waals surface area (Å²) >= 11 is 1.58. The molecule has 2 heterocycles. The number of nitrogens with one attached hydrogen (secondary N) is 1. The van der Waals surface area contributed by atoms with Crippen molar-refractivity contribution in [1.82, 2.24) is 15.1 Å². The fourth-order valence-corrected chi connectivity index (χ4v) is 2.88. The van der Waals surface area contributed by atoms with Gasteiger partial charge in [0.05, 0.1) is 17.2 Å². The molecule has 3 aromatic rings. The molecule has 0 unspecified atom stereocenters. The van der Waals surface area contributed by atoms with Gasteiger partial charge in [-0.25, -0.2) is 4.68 Å². The Morgan fingerprint density at radius 1 is 1.30 bits per heavy atom. The first-order valence-electron chi connectivity index (χ1n) is 7.30. The van der Waals surface area contributed by atoms with Crippen LogP contribution < -0.4 is 5.32 Å². The third kappa shape index (κ3) is 3.33. The van der Waals surface area contributed by atoms with E-state index in [-0.39, 0.29) is 18.6 Å². The number of aliphatic hydroxyl groups excluding tert-OH is 1. The van der Waals surface area contributed by atoms with Crippen molar-refractivity contribution in [3.63, 3.8) is 0 Å². The van der Waals surface area contributed by atoms with Gasteiger partial charge in [0.15, 0.2) is 0 Å². The monoisotopic (exact) mass is 327 g/mol. The number of hydrogen-bond donors (Lipinski definition) is 2. The highest BCUT2D eigenvalue weighted by Gasteiger charge is 2.19. The number of amides is 1. The summed E-state index contributed by atoms with van der Waals surface area (Å²) in [5.74, 6) is -0.259. The number of benzene rings is 1. The molecule has 2 aromatic heterocycles. The molecular weight excluding hydrogens is 310 g/mol. The highest BCUT2D eigenvalue weighted by Crippen LogP contribution is 2.25. The second-order valence-corrected chi connectivity index (χ2v) is 6.14. The topological polar surface area (TPSA) is 67.2 Å². The van der Waals surface area contributed by atoms with Crippen LogP contribution in [0.3, 0.4) is 0 Å². The second-order valence-electron chi connectivity index (χ2n) is 5.20. The van der Waals surface area contributed by atoms with E-state index < -0.39 is 0 Å². The SMILES string of the molecule is C[C@@H](CO)NC(=O)c1cc(-c2cccs2)nn1-c1ccccc1. The van der Waals surface area contributed by atoms with Crippen molar-refractivity contribution in [2.75, 3.05) is 6.61 Å². The molecule has 2 N–H and O–H groups in total. The Kier molecular flexibility index (Phi) is 4.55. The Bertz CT molecular complexity index is 782. The van der Waals surface area contributed by atoms with Crippen LogP contribution in [0.15, 0.2) is 53.9 Å². The molecule has 3 rings (SSSR count). The van der Waals surface area contributed by atoms with E-state index >= 15 is 0 Å². The lowest BCUT2D eigenvalue weighted by atomic mass is 10.2. The number of thiophene rings is 1. The van der Waals surface area contributed by atoms with Crippen molar-refractivity contribution in [3.05, 3.63) is 59.6 Å². The highest BCUT2D eigenvalue weighted by atomic mass is 32.1. The summed E-state index contributed by atoms with van der Waals surface area (Å²) in [6.45, 7) is 1.64. The first kappa shape index (κ1) is 15.5. The zero-order valence-electron chi connectivity index (χ0n) is 12.6. The van der Waals surface area contributed by atoms with Gasteiger partial charge in [0.25, 0.3) is 5.91 Å². The summed E-state index contributed by atoms with van der Waals surface area (Å²) in [5.41, 5.74) is 2.02. The van der Waals surface area contributed by atoms with Gasteiger partial charge in [-0.3, -0.25) is 4.79 Å². The maximum Gasteiger partial charge on any atom is 0.270 e. The van der Waals surface area contributed by atoms with Crippen molar-refractivity contribution in [2.24, 2.45) is 0 Å². The Morgan fingerprint density at radius 3 is 2.74 bits per heavy atom. The van der Waals surface area contributed by atoms with Gasteiger partial charge in [-0.2, -0.15) is 5.10 Å². The first-order chi connectivity index (χ1) is 11.2. The lowest BCUT2D eigenvalue weighted by molar-refractivity contribution is 0.0914. The van der Waals surface area contributed by atoms with Crippen molar-refractivity contribution >= 4 is 17.2 Å². The Morgan fingerprint density at radius 2 is 2.09 bits per heavy atom. The Balaban J connectivity index is 2.04. The highest BCUT2D eigenvalue weighted by molar-refractivity contribution is 7.13. The number of para-hydroxylation sites is 1. The Hall–Kier alpha value is -2.44. The summed E-state index contributed by atoms with van der Waals surface area (Å²) in [4.78, 5) is 13.5. The molecule has 118 valence electrons. The maximum absolute atomic E-state index is 12.5. The molecular formula is C17H17N3O2S. The molecule has 6 heteroatoms. The summed E-state index contributed by atoms with van der Waals surface area (Å²) in [5, 5.41) is 18.5. The molecule has 1 atom stereocenters. The minimum absolute atomic E-state index is 0.108. The molecule has 0 aliphatic carbocycles. The van der Waals surface area contributed by atoms with Gasteiger partial charge in [0.1, 0.15) is 11.4 Å². The lowest BCUT2D eigenvalue weighted by Gasteiger charge is -2.12. The van der Waals surface area contributed by atoms with E-state index in [0.29, 0.717) is 5.69 Å². The van der Waals surface area contributed by atoms with Crippen LogP contribution >= 0.6 is 11.3 Å². The molecule has 0 fully saturated rings. The fraction of sp³-hybridized carbons (Fsp3) is 0.176. The smallest absolute Gasteiger partial charge is 0.270 e. The molecule has 5 nitrogen and oxygen atoms in total. The van der Waals surface area contributed by atoms with E-state index in [1.165, 1.54) is 0 Å². The number of aromatic nitrogens is 2. The number of carbonyl (C=O) groups is 1. The lowest BCUT2D eigenvalue weighted by Crippen LogP contribution is -2.36. The van der Waals surface area contributed by atoms with Crippen molar-refractivity contribution in [1.29, 1.82) is 0 Å². The average Bonchev–Trinajstić information content (AvgIpc) is 3.24. The van der Waals surface area contributed by atoms with Crippen LogP contribution in [0.1, 0.15) is 17.4 Å².